The molecular weight excluding hydrogens is 410 g/mol. The Morgan fingerprint density at radius 3 is 2.52 bits per heavy atom. The minimum absolute atomic E-state index is 0.0917. The number of para-hydroxylation sites is 1. The number of thioether (sulfide) groups is 1. The van der Waals surface area contributed by atoms with Crippen LogP contribution in [0.1, 0.15) is 12.0 Å². The van der Waals surface area contributed by atoms with Crippen LogP contribution < -0.4 is 10.7 Å². The van der Waals surface area contributed by atoms with E-state index in [4.69, 9.17) is 5.14 Å². The molecule has 0 saturated heterocycles. The highest BCUT2D eigenvalue weighted by Gasteiger charge is 2.17. The predicted molar refractivity (Wildman–Crippen MR) is 114 cm³/mol. The first-order chi connectivity index (χ1) is 13.8. The van der Waals surface area contributed by atoms with Gasteiger partial charge in [-0.2, -0.15) is 0 Å². The minimum atomic E-state index is -3.50. The molecular formula is C19H19N5O3S2. The largest absolute Gasteiger partial charge is 0.268 e. The zero-order chi connectivity index (χ0) is 20.6. The van der Waals surface area contributed by atoms with Gasteiger partial charge < -0.3 is 0 Å². The third-order valence-electron chi connectivity index (χ3n) is 4.49. The highest BCUT2D eigenvalue weighted by Crippen LogP contribution is 2.23. The summed E-state index contributed by atoms with van der Waals surface area (Å²) in [6.45, 7) is 1.98. The lowest BCUT2D eigenvalue weighted by molar-refractivity contribution is 0.596. The number of fused-ring (bicyclic) bond motifs is 3. The van der Waals surface area contributed by atoms with Crippen molar-refractivity contribution in [2.45, 2.75) is 18.5 Å². The van der Waals surface area contributed by atoms with E-state index in [0.29, 0.717) is 39.7 Å². The van der Waals surface area contributed by atoms with E-state index in [1.165, 1.54) is 11.8 Å². The summed E-state index contributed by atoms with van der Waals surface area (Å²) in [4.78, 5) is 13.2. The molecule has 0 fully saturated rings. The van der Waals surface area contributed by atoms with E-state index in [9.17, 15) is 13.2 Å². The van der Waals surface area contributed by atoms with Gasteiger partial charge in [0.25, 0.3) is 5.56 Å². The maximum Gasteiger partial charge on any atom is 0.267 e. The van der Waals surface area contributed by atoms with Crippen molar-refractivity contribution < 1.29 is 8.42 Å². The summed E-state index contributed by atoms with van der Waals surface area (Å²) in [5.74, 6) is 0.826. The summed E-state index contributed by atoms with van der Waals surface area (Å²) in [6, 6.07) is 14.9. The number of nitrogens with zero attached hydrogens (tertiary/aromatic N) is 4. The van der Waals surface area contributed by atoms with Gasteiger partial charge in [-0.1, -0.05) is 41.6 Å². The molecule has 2 aromatic heterocycles. The summed E-state index contributed by atoms with van der Waals surface area (Å²) >= 11 is 1.38. The molecule has 150 valence electrons. The van der Waals surface area contributed by atoms with Gasteiger partial charge in [0.15, 0.2) is 5.16 Å². The second-order valence-electron chi connectivity index (χ2n) is 6.68. The molecule has 0 bridgehead atoms. The molecule has 0 saturated carbocycles. The van der Waals surface area contributed by atoms with Crippen molar-refractivity contribution in [1.29, 1.82) is 0 Å². The summed E-state index contributed by atoms with van der Waals surface area (Å²) < 4.78 is 25.7. The zero-order valence-electron chi connectivity index (χ0n) is 15.6. The molecule has 10 heteroatoms. The Morgan fingerprint density at radius 1 is 1.07 bits per heavy atom. The number of primary sulfonamides is 1. The molecule has 29 heavy (non-hydrogen) atoms. The predicted octanol–water partition coefficient (Wildman–Crippen LogP) is 2.11. The van der Waals surface area contributed by atoms with Crippen molar-refractivity contribution in [2.24, 2.45) is 5.14 Å². The molecule has 0 aliphatic carbocycles. The van der Waals surface area contributed by atoms with Crippen molar-refractivity contribution >= 4 is 38.5 Å². The number of aromatic nitrogens is 4. The fraction of sp³-hybridized carbons (Fsp3) is 0.211. The van der Waals surface area contributed by atoms with Crippen molar-refractivity contribution in [3.05, 3.63) is 64.4 Å². The molecule has 0 aliphatic rings. The average Bonchev–Trinajstić information content (AvgIpc) is 3.10. The van der Waals surface area contributed by atoms with Crippen LogP contribution in [0.15, 0.2) is 58.5 Å². The van der Waals surface area contributed by atoms with Crippen LogP contribution in [0.3, 0.4) is 0 Å². The Morgan fingerprint density at radius 2 is 1.79 bits per heavy atom. The van der Waals surface area contributed by atoms with Gasteiger partial charge in [0.05, 0.1) is 22.3 Å². The van der Waals surface area contributed by atoms with Gasteiger partial charge in [0, 0.05) is 5.75 Å². The summed E-state index contributed by atoms with van der Waals surface area (Å²) in [5.41, 5.74) is 2.32. The molecule has 4 rings (SSSR count). The van der Waals surface area contributed by atoms with Crippen molar-refractivity contribution in [3.63, 3.8) is 0 Å². The normalized spacial score (nSPS) is 12.1. The van der Waals surface area contributed by atoms with E-state index in [1.807, 2.05) is 53.8 Å². The average molecular weight is 430 g/mol. The summed E-state index contributed by atoms with van der Waals surface area (Å²) in [7, 11) is -3.50. The molecule has 2 heterocycles. The molecule has 2 aromatic carbocycles. The maximum absolute atomic E-state index is 13.2. The Bertz CT molecular complexity index is 1360. The molecule has 4 aromatic rings. The second kappa shape index (κ2) is 7.62. The van der Waals surface area contributed by atoms with Crippen LogP contribution in [-0.2, 0) is 10.0 Å². The van der Waals surface area contributed by atoms with Crippen LogP contribution in [0.5, 0.6) is 0 Å². The number of nitrogens with two attached hydrogens (primary N) is 1. The standard InChI is InChI=1S/C19H19N5O3S2/c1-13-7-9-14(10-8-13)23-17(25)15-5-2-3-6-16(15)24-18(23)21-22-19(24)28-11-4-12-29(20,26)27/h2-3,5-10H,4,11-12H2,1H3,(H2,20,26,27). The Labute approximate surface area is 171 Å². The number of benzene rings is 2. The third-order valence-corrected chi connectivity index (χ3v) is 6.36. The van der Waals surface area contributed by atoms with E-state index in [1.54, 1.807) is 10.6 Å². The van der Waals surface area contributed by atoms with Gasteiger partial charge in [-0.05, 0) is 37.6 Å². The third kappa shape index (κ3) is 3.91. The van der Waals surface area contributed by atoms with E-state index in [0.717, 1.165) is 5.56 Å². The molecule has 0 amide bonds. The van der Waals surface area contributed by atoms with Gasteiger partial charge in [-0.25, -0.2) is 18.1 Å². The number of hydrogen-bond acceptors (Lipinski definition) is 6. The fourth-order valence-electron chi connectivity index (χ4n) is 3.12. The van der Waals surface area contributed by atoms with E-state index in [-0.39, 0.29) is 11.3 Å². The molecule has 8 nitrogen and oxygen atoms in total. The number of hydrogen-bond donors (Lipinski definition) is 1. The maximum atomic E-state index is 13.2. The first-order valence-corrected chi connectivity index (χ1v) is 11.6. The molecule has 0 aliphatic heterocycles. The monoisotopic (exact) mass is 429 g/mol. The van der Waals surface area contributed by atoms with Gasteiger partial charge >= 0.3 is 0 Å². The van der Waals surface area contributed by atoms with E-state index >= 15 is 0 Å². The molecule has 2 N–H and O–H groups in total. The fourth-order valence-corrected chi connectivity index (χ4v) is 4.73. The SMILES string of the molecule is Cc1ccc(-n2c(=O)c3ccccc3n3c(SCCCS(N)(=O)=O)nnc23)cc1. The Hall–Kier alpha value is -2.69. The zero-order valence-corrected chi connectivity index (χ0v) is 17.3. The first kappa shape index (κ1) is 19.6. The Balaban J connectivity index is 1.86. The molecule has 0 atom stereocenters. The van der Waals surface area contributed by atoms with Gasteiger partial charge in [-0.3, -0.25) is 9.20 Å². The highest BCUT2D eigenvalue weighted by atomic mass is 32.2. The quantitative estimate of drug-likeness (QED) is 0.371. The van der Waals surface area contributed by atoms with E-state index in [2.05, 4.69) is 10.2 Å². The Kier molecular flexibility index (Phi) is 5.15. The van der Waals surface area contributed by atoms with Crippen LogP contribution in [0.2, 0.25) is 0 Å². The lowest BCUT2D eigenvalue weighted by Gasteiger charge is -2.11. The van der Waals surface area contributed by atoms with Crippen LogP contribution in [0.25, 0.3) is 22.4 Å². The molecule has 0 spiro atoms. The van der Waals surface area contributed by atoms with Gasteiger partial charge in [0.2, 0.25) is 15.8 Å². The number of aryl methyl sites for hydroxylation is 1. The van der Waals surface area contributed by atoms with Crippen LogP contribution in [0, 0.1) is 6.92 Å². The minimum Gasteiger partial charge on any atom is -0.268 e. The van der Waals surface area contributed by atoms with Crippen molar-refractivity contribution in [3.8, 4) is 5.69 Å². The van der Waals surface area contributed by atoms with Crippen LogP contribution in [0.4, 0.5) is 0 Å². The summed E-state index contributed by atoms with van der Waals surface area (Å²) in [5, 5.41) is 14.7. The first-order valence-electron chi connectivity index (χ1n) is 8.94. The number of sulfonamides is 1. The molecule has 0 unspecified atom stereocenters. The topological polar surface area (TPSA) is 112 Å². The lowest BCUT2D eigenvalue weighted by Crippen LogP contribution is -2.21. The van der Waals surface area contributed by atoms with Crippen LogP contribution in [-0.4, -0.2) is 39.1 Å². The van der Waals surface area contributed by atoms with Gasteiger partial charge in [0.1, 0.15) is 0 Å². The van der Waals surface area contributed by atoms with Crippen molar-refractivity contribution in [2.75, 3.05) is 11.5 Å². The van der Waals surface area contributed by atoms with Crippen molar-refractivity contribution in [1.82, 2.24) is 19.2 Å². The number of rotatable bonds is 6. The van der Waals surface area contributed by atoms with Crippen LogP contribution >= 0.6 is 11.8 Å². The smallest absolute Gasteiger partial charge is 0.267 e. The highest BCUT2D eigenvalue weighted by molar-refractivity contribution is 7.99. The molecule has 0 radical (unpaired) electrons. The summed E-state index contributed by atoms with van der Waals surface area (Å²) in [6.07, 6.45) is 0.397. The second-order valence-corrected chi connectivity index (χ2v) is 9.48. The van der Waals surface area contributed by atoms with E-state index < -0.39 is 10.0 Å². The lowest BCUT2D eigenvalue weighted by atomic mass is 10.2. The van der Waals surface area contributed by atoms with Gasteiger partial charge in [-0.15, -0.1) is 10.2 Å².